The first kappa shape index (κ1) is 16.0. The third kappa shape index (κ3) is 4.89. The van der Waals surface area contributed by atoms with E-state index in [0.717, 1.165) is 5.56 Å². The molecule has 1 aromatic rings. The van der Waals surface area contributed by atoms with Crippen LogP contribution in [0.15, 0.2) is 18.2 Å². The lowest BCUT2D eigenvalue weighted by Crippen LogP contribution is -2.37. The second-order valence-corrected chi connectivity index (χ2v) is 4.65. The fourth-order valence-corrected chi connectivity index (χ4v) is 1.44. The number of hydrogen-bond donors (Lipinski definition) is 2. The largest absolute Gasteiger partial charge is 0.850 e. The summed E-state index contributed by atoms with van der Waals surface area (Å²) < 4.78 is 4.94. The second kappa shape index (κ2) is 6.91. The van der Waals surface area contributed by atoms with Crippen LogP contribution in [0.5, 0.6) is 0 Å². The van der Waals surface area contributed by atoms with Crippen molar-refractivity contribution >= 4 is 23.4 Å². The van der Waals surface area contributed by atoms with E-state index in [1.165, 1.54) is 20.8 Å². The van der Waals surface area contributed by atoms with Crippen LogP contribution in [-0.4, -0.2) is 24.2 Å². The molecule has 6 nitrogen and oxygen atoms in total. The van der Waals surface area contributed by atoms with Gasteiger partial charge in [0.2, 0.25) is 5.91 Å². The summed E-state index contributed by atoms with van der Waals surface area (Å²) >= 11 is 0. The molecule has 0 heterocycles. The average Bonchev–Trinajstić information content (AvgIpc) is 2.32. The Kier molecular flexibility index (Phi) is 5.52. The van der Waals surface area contributed by atoms with Crippen molar-refractivity contribution in [3.8, 4) is 0 Å². The van der Waals surface area contributed by atoms with Gasteiger partial charge in [0.05, 0.1) is 6.10 Å². The molecular weight excluding hydrogens is 260 g/mol. The van der Waals surface area contributed by atoms with Crippen molar-refractivity contribution in [2.75, 3.05) is 10.6 Å². The van der Waals surface area contributed by atoms with Crippen LogP contribution >= 0.6 is 0 Å². The van der Waals surface area contributed by atoms with Gasteiger partial charge in [0.1, 0.15) is 0 Å². The van der Waals surface area contributed by atoms with Crippen LogP contribution in [-0.2, 0) is 9.53 Å². The number of aryl methyl sites for hydroxylation is 1. The second-order valence-electron chi connectivity index (χ2n) is 4.65. The molecule has 0 radical (unpaired) electrons. The van der Waals surface area contributed by atoms with Gasteiger partial charge in [0, 0.05) is 18.3 Å². The highest BCUT2D eigenvalue weighted by molar-refractivity contribution is 5.91. The Bertz CT molecular complexity index is 500. The number of benzene rings is 1. The predicted molar refractivity (Wildman–Crippen MR) is 74.5 cm³/mol. The van der Waals surface area contributed by atoms with Crippen molar-refractivity contribution in [1.82, 2.24) is 0 Å². The maximum Gasteiger partial charge on any atom is 0.411 e. The number of hydrogen-bond acceptors (Lipinski definition) is 4. The lowest BCUT2D eigenvalue weighted by molar-refractivity contribution is -0.429. The van der Waals surface area contributed by atoms with Crippen LogP contribution in [0.3, 0.4) is 0 Å². The van der Waals surface area contributed by atoms with Crippen LogP contribution in [0.25, 0.3) is 0 Å². The molecule has 0 aliphatic carbocycles. The van der Waals surface area contributed by atoms with Gasteiger partial charge in [-0.15, -0.1) is 0 Å². The molecule has 1 aromatic carbocycles. The number of anilines is 2. The zero-order chi connectivity index (χ0) is 15.3. The van der Waals surface area contributed by atoms with Crippen LogP contribution in [0, 0.1) is 6.92 Å². The van der Waals surface area contributed by atoms with Gasteiger partial charge in [-0.05, 0) is 31.5 Å². The molecule has 2 atom stereocenters. The number of amides is 2. The molecule has 20 heavy (non-hydrogen) atoms. The first-order valence-electron chi connectivity index (χ1n) is 6.31. The third-order valence-electron chi connectivity index (χ3n) is 2.75. The molecule has 0 saturated carbocycles. The van der Waals surface area contributed by atoms with Gasteiger partial charge in [-0.1, -0.05) is 19.1 Å². The van der Waals surface area contributed by atoms with Gasteiger partial charge < -0.3 is 15.2 Å². The van der Waals surface area contributed by atoms with Crippen molar-refractivity contribution in [2.45, 2.75) is 39.9 Å². The molecule has 0 saturated heterocycles. The van der Waals surface area contributed by atoms with E-state index in [2.05, 4.69) is 10.6 Å². The van der Waals surface area contributed by atoms with Crippen molar-refractivity contribution in [2.24, 2.45) is 0 Å². The van der Waals surface area contributed by atoms with Crippen LogP contribution in [0.1, 0.15) is 26.3 Å². The van der Waals surface area contributed by atoms with E-state index in [9.17, 15) is 14.7 Å². The molecule has 2 unspecified atom stereocenters. The molecule has 2 N–H and O–H groups in total. The van der Waals surface area contributed by atoms with Gasteiger partial charge in [0.25, 0.3) is 0 Å². The Morgan fingerprint density at radius 3 is 2.45 bits per heavy atom. The van der Waals surface area contributed by atoms with E-state index in [-0.39, 0.29) is 5.91 Å². The minimum absolute atomic E-state index is 0.198. The number of rotatable bonds is 4. The SMILES string of the molecule is CC(=O)Nc1ccc(C)c(NC(=O)OC(C)C(C)[O-])c1. The van der Waals surface area contributed by atoms with Crippen molar-refractivity contribution in [1.29, 1.82) is 0 Å². The summed E-state index contributed by atoms with van der Waals surface area (Å²) in [5.41, 5.74) is 1.91. The number of nitrogens with one attached hydrogen (secondary N) is 2. The molecule has 0 bridgehead atoms. The summed E-state index contributed by atoms with van der Waals surface area (Å²) in [7, 11) is 0. The predicted octanol–water partition coefficient (Wildman–Crippen LogP) is 1.64. The van der Waals surface area contributed by atoms with Gasteiger partial charge in [-0.2, -0.15) is 0 Å². The summed E-state index contributed by atoms with van der Waals surface area (Å²) in [5.74, 6) is -0.198. The van der Waals surface area contributed by atoms with Crippen molar-refractivity contribution < 1.29 is 19.4 Å². The fourth-order valence-electron chi connectivity index (χ4n) is 1.44. The highest BCUT2D eigenvalue weighted by atomic mass is 16.6. The minimum atomic E-state index is -0.993. The van der Waals surface area contributed by atoms with Crippen LogP contribution in [0.2, 0.25) is 0 Å². The van der Waals surface area contributed by atoms with Gasteiger partial charge in [0.15, 0.2) is 0 Å². The quantitative estimate of drug-likeness (QED) is 0.876. The summed E-state index contributed by atoms with van der Waals surface area (Å²) in [6, 6.07) is 5.12. The van der Waals surface area contributed by atoms with E-state index in [1.807, 2.05) is 6.92 Å². The summed E-state index contributed by atoms with van der Waals surface area (Å²) in [6.45, 7) is 6.18. The number of ether oxygens (including phenoxy) is 1. The average molecular weight is 279 g/mol. The maximum absolute atomic E-state index is 11.7. The summed E-state index contributed by atoms with van der Waals surface area (Å²) in [4.78, 5) is 22.6. The highest BCUT2D eigenvalue weighted by Crippen LogP contribution is 2.20. The van der Waals surface area contributed by atoms with E-state index in [1.54, 1.807) is 18.2 Å². The third-order valence-corrected chi connectivity index (χ3v) is 2.75. The van der Waals surface area contributed by atoms with E-state index in [0.29, 0.717) is 11.4 Å². The van der Waals surface area contributed by atoms with E-state index >= 15 is 0 Å². The smallest absolute Gasteiger partial charge is 0.411 e. The Balaban J connectivity index is 2.75. The standard InChI is InChI=1S/C14H19N2O4/c1-8-5-6-12(15-11(4)18)7-13(8)16-14(19)20-10(3)9(2)17/h5-7,9-10H,1-4H3,(H,15,18)(H,16,19)/q-1. The molecule has 0 aromatic heterocycles. The zero-order valence-electron chi connectivity index (χ0n) is 12.0. The molecule has 0 fully saturated rings. The Morgan fingerprint density at radius 2 is 1.90 bits per heavy atom. The molecule has 6 heteroatoms. The molecule has 2 amide bonds. The lowest BCUT2D eigenvalue weighted by Gasteiger charge is -2.24. The van der Waals surface area contributed by atoms with Crippen molar-refractivity contribution in [3.63, 3.8) is 0 Å². The summed E-state index contributed by atoms with van der Waals surface area (Å²) in [5, 5.41) is 16.3. The number of carbonyl (C=O) groups is 2. The van der Waals surface area contributed by atoms with Gasteiger partial charge >= 0.3 is 6.09 Å². The molecule has 110 valence electrons. The zero-order valence-corrected chi connectivity index (χ0v) is 12.0. The molecule has 0 spiro atoms. The van der Waals surface area contributed by atoms with Crippen LogP contribution < -0.4 is 15.7 Å². The maximum atomic E-state index is 11.7. The first-order valence-corrected chi connectivity index (χ1v) is 6.31. The number of carbonyl (C=O) groups excluding carboxylic acids is 2. The van der Waals surface area contributed by atoms with Crippen LogP contribution in [0.4, 0.5) is 16.2 Å². The first-order chi connectivity index (χ1) is 9.29. The van der Waals surface area contributed by atoms with Gasteiger partial charge in [-0.25, -0.2) is 4.79 Å². The minimum Gasteiger partial charge on any atom is -0.850 e. The Labute approximate surface area is 118 Å². The summed E-state index contributed by atoms with van der Waals surface area (Å²) in [6.07, 6.45) is -2.40. The molecule has 1 rings (SSSR count). The van der Waals surface area contributed by atoms with Crippen molar-refractivity contribution in [3.05, 3.63) is 23.8 Å². The highest BCUT2D eigenvalue weighted by Gasteiger charge is 2.11. The molecule has 0 aliphatic rings. The van der Waals surface area contributed by atoms with E-state index < -0.39 is 18.3 Å². The molecular formula is C14H19N2O4-. The Hall–Kier alpha value is -2.08. The normalized spacial score (nSPS) is 13.2. The molecule has 0 aliphatic heterocycles. The lowest BCUT2D eigenvalue weighted by atomic mass is 10.2. The topological polar surface area (TPSA) is 90.5 Å². The van der Waals surface area contributed by atoms with E-state index in [4.69, 9.17) is 4.74 Å². The Morgan fingerprint density at radius 1 is 1.25 bits per heavy atom. The fraction of sp³-hybridized carbons (Fsp3) is 0.429. The van der Waals surface area contributed by atoms with Gasteiger partial charge in [-0.3, -0.25) is 10.1 Å². The monoisotopic (exact) mass is 279 g/mol.